The number of amides is 2. The van der Waals surface area contributed by atoms with Gasteiger partial charge in [-0.3, -0.25) is 9.59 Å². The summed E-state index contributed by atoms with van der Waals surface area (Å²) in [5.41, 5.74) is 4.06. The number of likely N-dealkylation sites (tertiary alicyclic amines) is 1. The Balaban J connectivity index is 1.24. The molecule has 2 amide bonds. The lowest BCUT2D eigenvalue weighted by molar-refractivity contribution is -0.136. The number of ether oxygens (including phenoxy) is 1. The van der Waals surface area contributed by atoms with Crippen LogP contribution in [0.5, 0.6) is 5.88 Å². The summed E-state index contributed by atoms with van der Waals surface area (Å²) in [7, 11) is 0. The third-order valence-corrected chi connectivity index (χ3v) is 6.67. The summed E-state index contributed by atoms with van der Waals surface area (Å²) in [5.74, 6) is -0.00561. The van der Waals surface area contributed by atoms with Crippen molar-refractivity contribution in [2.75, 3.05) is 19.6 Å². The van der Waals surface area contributed by atoms with E-state index < -0.39 is 0 Å². The highest BCUT2D eigenvalue weighted by molar-refractivity contribution is 5.89. The van der Waals surface area contributed by atoms with Gasteiger partial charge in [-0.25, -0.2) is 14.1 Å². The molecule has 1 fully saturated rings. The molecule has 35 heavy (non-hydrogen) atoms. The first kappa shape index (κ1) is 22.9. The standard InChI is InChI=1S/C25H27FN6O3/c1-3-30-14-18(12-24(30)33)25(34)31-11-10-21-17(13-31)4-9-23(27-21)35-15-22-16(2)28-29-32(22)20-7-5-19(26)6-8-20/h4-9,18H,3,10-15H2,1-2H3. The highest BCUT2D eigenvalue weighted by atomic mass is 19.1. The van der Waals surface area contributed by atoms with Gasteiger partial charge in [-0.15, -0.1) is 5.10 Å². The lowest BCUT2D eigenvalue weighted by Crippen LogP contribution is -2.40. The van der Waals surface area contributed by atoms with Crippen molar-refractivity contribution in [1.29, 1.82) is 0 Å². The van der Waals surface area contributed by atoms with E-state index in [1.165, 1.54) is 12.1 Å². The average molecular weight is 479 g/mol. The molecular formula is C25H27FN6O3. The van der Waals surface area contributed by atoms with E-state index in [2.05, 4.69) is 15.3 Å². The SMILES string of the molecule is CCN1CC(C(=O)N2CCc3nc(OCc4c(C)nnn4-c4ccc(F)cc4)ccc3C2)CC1=O. The molecule has 182 valence electrons. The van der Waals surface area contributed by atoms with Crippen LogP contribution < -0.4 is 4.74 Å². The number of nitrogens with zero attached hydrogens (tertiary/aromatic N) is 6. The molecule has 1 unspecified atom stereocenters. The van der Waals surface area contributed by atoms with Crippen molar-refractivity contribution in [3.05, 3.63) is 64.9 Å². The van der Waals surface area contributed by atoms with Gasteiger partial charge in [0, 0.05) is 45.1 Å². The van der Waals surface area contributed by atoms with Gasteiger partial charge in [0.15, 0.2) is 0 Å². The molecule has 0 radical (unpaired) electrons. The Bertz CT molecular complexity index is 1260. The quantitative estimate of drug-likeness (QED) is 0.540. The average Bonchev–Trinajstić information content (AvgIpc) is 3.44. The number of benzene rings is 1. The molecule has 1 aromatic carbocycles. The third kappa shape index (κ3) is 4.60. The van der Waals surface area contributed by atoms with E-state index in [0.717, 1.165) is 17.0 Å². The second-order valence-corrected chi connectivity index (χ2v) is 8.90. The molecule has 3 aromatic rings. The van der Waals surface area contributed by atoms with E-state index in [-0.39, 0.29) is 30.2 Å². The summed E-state index contributed by atoms with van der Waals surface area (Å²) >= 11 is 0. The topological polar surface area (TPSA) is 93.4 Å². The molecule has 10 heteroatoms. The zero-order valence-corrected chi connectivity index (χ0v) is 19.8. The van der Waals surface area contributed by atoms with Gasteiger partial charge in [0.25, 0.3) is 0 Å². The van der Waals surface area contributed by atoms with Crippen molar-refractivity contribution in [2.45, 2.75) is 39.8 Å². The molecule has 0 bridgehead atoms. The molecule has 0 saturated carbocycles. The first-order chi connectivity index (χ1) is 16.9. The second-order valence-electron chi connectivity index (χ2n) is 8.90. The summed E-state index contributed by atoms with van der Waals surface area (Å²) < 4.78 is 20.9. The zero-order valence-electron chi connectivity index (χ0n) is 19.8. The molecule has 0 N–H and O–H groups in total. The van der Waals surface area contributed by atoms with Crippen LogP contribution in [0.4, 0.5) is 4.39 Å². The minimum absolute atomic E-state index is 0.0392. The number of fused-ring (bicyclic) bond motifs is 1. The van der Waals surface area contributed by atoms with Gasteiger partial charge in [-0.1, -0.05) is 11.3 Å². The van der Waals surface area contributed by atoms with Gasteiger partial charge in [-0.05, 0) is 43.7 Å². The molecule has 9 nitrogen and oxygen atoms in total. The number of halogens is 1. The maximum absolute atomic E-state index is 13.3. The van der Waals surface area contributed by atoms with Crippen LogP contribution in [-0.2, 0) is 29.2 Å². The number of hydrogen-bond acceptors (Lipinski definition) is 6. The van der Waals surface area contributed by atoms with Crippen molar-refractivity contribution >= 4 is 11.8 Å². The number of aromatic nitrogens is 4. The van der Waals surface area contributed by atoms with E-state index in [0.29, 0.717) is 56.3 Å². The third-order valence-electron chi connectivity index (χ3n) is 6.67. The van der Waals surface area contributed by atoms with Crippen molar-refractivity contribution < 1.29 is 18.7 Å². The van der Waals surface area contributed by atoms with Crippen LogP contribution in [0.2, 0.25) is 0 Å². The Hall–Kier alpha value is -3.82. The van der Waals surface area contributed by atoms with Crippen LogP contribution in [0.1, 0.15) is 36.0 Å². The number of hydrogen-bond donors (Lipinski definition) is 0. The Morgan fingerprint density at radius 2 is 2.00 bits per heavy atom. The largest absolute Gasteiger partial charge is 0.471 e. The lowest BCUT2D eigenvalue weighted by atomic mass is 10.0. The van der Waals surface area contributed by atoms with E-state index in [1.54, 1.807) is 27.8 Å². The first-order valence-electron chi connectivity index (χ1n) is 11.8. The van der Waals surface area contributed by atoms with E-state index in [4.69, 9.17) is 4.74 Å². The molecule has 1 atom stereocenters. The van der Waals surface area contributed by atoms with Crippen molar-refractivity contribution in [3.63, 3.8) is 0 Å². The van der Waals surface area contributed by atoms with E-state index in [1.807, 2.05) is 24.8 Å². The monoisotopic (exact) mass is 478 g/mol. The number of carbonyl (C=O) groups is 2. The van der Waals surface area contributed by atoms with Crippen molar-refractivity contribution in [1.82, 2.24) is 29.8 Å². The fourth-order valence-corrected chi connectivity index (χ4v) is 4.64. The zero-order chi connectivity index (χ0) is 24.5. The van der Waals surface area contributed by atoms with Gasteiger partial charge >= 0.3 is 0 Å². The van der Waals surface area contributed by atoms with E-state index >= 15 is 0 Å². The van der Waals surface area contributed by atoms with E-state index in [9.17, 15) is 14.0 Å². The summed E-state index contributed by atoms with van der Waals surface area (Å²) in [6.45, 7) is 6.18. The Morgan fingerprint density at radius 1 is 1.20 bits per heavy atom. The summed E-state index contributed by atoms with van der Waals surface area (Å²) in [5, 5.41) is 8.28. The maximum atomic E-state index is 13.3. The molecule has 4 heterocycles. The minimum atomic E-state index is -0.318. The molecule has 0 aliphatic carbocycles. The summed E-state index contributed by atoms with van der Waals surface area (Å²) in [6.07, 6.45) is 0.925. The number of carbonyl (C=O) groups excluding carboxylic acids is 2. The smallest absolute Gasteiger partial charge is 0.228 e. The summed E-state index contributed by atoms with van der Waals surface area (Å²) in [4.78, 5) is 33.2. The number of rotatable bonds is 6. The van der Waals surface area contributed by atoms with Crippen LogP contribution >= 0.6 is 0 Å². The molecule has 2 aliphatic rings. The fourth-order valence-electron chi connectivity index (χ4n) is 4.64. The molecule has 1 saturated heterocycles. The number of pyridine rings is 1. The highest BCUT2D eigenvalue weighted by Gasteiger charge is 2.36. The predicted molar refractivity (Wildman–Crippen MR) is 124 cm³/mol. The van der Waals surface area contributed by atoms with Crippen molar-refractivity contribution in [3.8, 4) is 11.6 Å². The molecule has 0 spiro atoms. The molecule has 2 aromatic heterocycles. The van der Waals surface area contributed by atoms with Crippen LogP contribution in [-0.4, -0.2) is 61.2 Å². The molecule has 5 rings (SSSR count). The van der Waals surface area contributed by atoms with Gasteiger partial charge in [-0.2, -0.15) is 0 Å². The Labute approximate surface area is 202 Å². The normalized spacial score (nSPS) is 17.6. The fraction of sp³-hybridized carbons (Fsp3) is 0.400. The van der Waals surface area contributed by atoms with Crippen LogP contribution in [0.25, 0.3) is 5.69 Å². The second kappa shape index (κ2) is 9.44. The predicted octanol–water partition coefficient (Wildman–Crippen LogP) is 2.44. The Morgan fingerprint density at radius 3 is 2.74 bits per heavy atom. The van der Waals surface area contributed by atoms with Crippen LogP contribution in [0, 0.1) is 18.7 Å². The van der Waals surface area contributed by atoms with Crippen LogP contribution in [0.3, 0.4) is 0 Å². The highest BCUT2D eigenvalue weighted by Crippen LogP contribution is 2.26. The van der Waals surface area contributed by atoms with Gasteiger partial charge in [0.2, 0.25) is 17.7 Å². The van der Waals surface area contributed by atoms with Gasteiger partial charge < -0.3 is 14.5 Å². The Kier molecular flexibility index (Phi) is 6.19. The van der Waals surface area contributed by atoms with Gasteiger partial charge in [0.1, 0.15) is 18.1 Å². The van der Waals surface area contributed by atoms with Crippen molar-refractivity contribution in [2.24, 2.45) is 5.92 Å². The molecular weight excluding hydrogens is 451 g/mol. The van der Waals surface area contributed by atoms with Crippen LogP contribution in [0.15, 0.2) is 36.4 Å². The molecule has 2 aliphatic heterocycles. The number of aryl methyl sites for hydroxylation is 1. The maximum Gasteiger partial charge on any atom is 0.228 e. The summed E-state index contributed by atoms with van der Waals surface area (Å²) in [6, 6.07) is 9.77. The van der Waals surface area contributed by atoms with Gasteiger partial charge in [0.05, 0.1) is 23.0 Å². The minimum Gasteiger partial charge on any atom is -0.471 e. The first-order valence-corrected chi connectivity index (χ1v) is 11.8. The lowest BCUT2D eigenvalue weighted by Gasteiger charge is -2.30.